The van der Waals surface area contributed by atoms with Gasteiger partial charge in [-0.3, -0.25) is 4.40 Å². The van der Waals surface area contributed by atoms with Crippen molar-refractivity contribution in [1.29, 1.82) is 0 Å². The van der Waals surface area contributed by atoms with Gasteiger partial charge in [-0.25, -0.2) is 9.97 Å². The molecule has 0 bridgehead atoms. The Hall–Kier alpha value is -3.46. The summed E-state index contributed by atoms with van der Waals surface area (Å²) in [6.07, 6.45) is 4.15. The van der Waals surface area contributed by atoms with Crippen LogP contribution in [0.25, 0.3) is 39.7 Å². The number of hydrogen-bond donors (Lipinski definition) is 0. The molecule has 0 amide bonds. The van der Waals surface area contributed by atoms with Gasteiger partial charge in [0.25, 0.3) is 0 Å². The predicted octanol–water partition coefficient (Wildman–Crippen LogP) is 5.21. The summed E-state index contributed by atoms with van der Waals surface area (Å²) in [6.45, 7) is 0. The molecule has 25 heavy (non-hydrogen) atoms. The van der Waals surface area contributed by atoms with Crippen LogP contribution in [0.15, 0.2) is 78.9 Å². The Morgan fingerprint density at radius 3 is 2.24 bits per heavy atom. The number of nitrogens with zero attached hydrogens (tertiary/aromatic N) is 3. The van der Waals surface area contributed by atoms with Crippen LogP contribution in [0.3, 0.4) is 0 Å². The Kier molecular flexibility index (Phi) is 3.10. The maximum absolute atomic E-state index is 4.88. The van der Waals surface area contributed by atoms with Crippen LogP contribution in [0.5, 0.6) is 0 Å². The van der Waals surface area contributed by atoms with Gasteiger partial charge in [0.2, 0.25) is 0 Å². The van der Waals surface area contributed by atoms with Crippen molar-refractivity contribution in [3.05, 3.63) is 90.3 Å². The fourth-order valence-electron chi connectivity index (χ4n) is 3.22. The molecule has 0 N–H and O–H groups in total. The zero-order chi connectivity index (χ0) is 16.6. The summed E-state index contributed by atoms with van der Waals surface area (Å²) < 4.78 is 2.14. The number of para-hydroxylation sites is 3. The Bertz CT molecular complexity index is 1230. The van der Waals surface area contributed by atoms with Gasteiger partial charge in [0.05, 0.1) is 16.6 Å². The van der Waals surface area contributed by atoms with E-state index in [2.05, 4.69) is 40.8 Å². The second-order valence-corrected chi connectivity index (χ2v) is 5.99. The average molecular weight is 321 g/mol. The molecule has 0 fully saturated rings. The lowest BCUT2D eigenvalue weighted by atomic mass is 10.2. The van der Waals surface area contributed by atoms with Crippen LogP contribution in [0, 0.1) is 0 Å². The van der Waals surface area contributed by atoms with E-state index >= 15 is 0 Å². The summed E-state index contributed by atoms with van der Waals surface area (Å²) in [5.74, 6) is 0.881. The minimum atomic E-state index is 0.881. The van der Waals surface area contributed by atoms with Gasteiger partial charge in [-0.1, -0.05) is 60.7 Å². The number of fused-ring (bicyclic) bond motifs is 5. The Balaban J connectivity index is 1.85. The van der Waals surface area contributed by atoms with E-state index in [4.69, 9.17) is 9.97 Å². The van der Waals surface area contributed by atoms with E-state index < -0.39 is 0 Å². The molecule has 5 rings (SSSR count). The summed E-state index contributed by atoms with van der Waals surface area (Å²) >= 11 is 0. The fourth-order valence-corrected chi connectivity index (χ4v) is 3.22. The average Bonchev–Trinajstić information content (AvgIpc) is 3.07. The minimum Gasteiger partial charge on any atom is -0.276 e. The number of benzene rings is 3. The van der Waals surface area contributed by atoms with E-state index in [0.29, 0.717) is 0 Å². The van der Waals surface area contributed by atoms with Crippen LogP contribution in [-0.2, 0) is 0 Å². The van der Waals surface area contributed by atoms with Crippen LogP contribution in [0.1, 0.15) is 11.4 Å². The standard InChI is InChI=1S/C22H15N3/c1-2-8-16(9-3-1)14-15-21-23-18-11-5-4-10-17(18)22-24-19-12-6-7-13-20(19)25(21)22/h1-15H. The van der Waals surface area contributed by atoms with E-state index in [9.17, 15) is 0 Å². The van der Waals surface area contributed by atoms with E-state index in [-0.39, 0.29) is 0 Å². The van der Waals surface area contributed by atoms with Crippen LogP contribution in [-0.4, -0.2) is 14.4 Å². The molecule has 0 atom stereocenters. The molecule has 0 aliphatic rings. The molecule has 118 valence electrons. The zero-order valence-electron chi connectivity index (χ0n) is 13.5. The van der Waals surface area contributed by atoms with E-state index in [1.807, 2.05) is 54.6 Å². The predicted molar refractivity (Wildman–Crippen MR) is 103 cm³/mol. The summed E-state index contributed by atoms with van der Waals surface area (Å²) in [4.78, 5) is 9.73. The molecule has 0 radical (unpaired) electrons. The Morgan fingerprint density at radius 2 is 1.36 bits per heavy atom. The quantitative estimate of drug-likeness (QED) is 0.447. The van der Waals surface area contributed by atoms with Crippen LogP contribution in [0.4, 0.5) is 0 Å². The second kappa shape index (κ2) is 5.56. The first-order chi connectivity index (χ1) is 12.4. The molecule has 0 spiro atoms. The molecular formula is C22H15N3. The van der Waals surface area contributed by atoms with Crippen molar-refractivity contribution in [2.75, 3.05) is 0 Å². The van der Waals surface area contributed by atoms with Crippen LogP contribution < -0.4 is 0 Å². The lowest BCUT2D eigenvalue weighted by molar-refractivity contribution is 1.12. The highest BCUT2D eigenvalue weighted by molar-refractivity contribution is 5.97. The third-order valence-corrected chi connectivity index (χ3v) is 4.39. The normalized spacial score (nSPS) is 11.8. The van der Waals surface area contributed by atoms with Crippen molar-refractivity contribution >= 4 is 39.7 Å². The first-order valence-electron chi connectivity index (χ1n) is 8.29. The molecule has 2 heterocycles. The zero-order valence-corrected chi connectivity index (χ0v) is 13.5. The lowest BCUT2D eigenvalue weighted by Gasteiger charge is -2.05. The second-order valence-electron chi connectivity index (χ2n) is 5.99. The summed E-state index contributed by atoms with van der Waals surface area (Å²) in [6, 6.07) is 26.6. The van der Waals surface area contributed by atoms with Crippen molar-refractivity contribution in [2.45, 2.75) is 0 Å². The summed E-state index contributed by atoms with van der Waals surface area (Å²) in [5, 5.41) is 1.07. The summed E-state index contributed by atoms with van der Waals surface area (Å²) in [5.41, 5.74) is 5.10. The maximum Gasteiger partial charge on any atom is 0.149 e. The van der Waals surface area contributed by atoms with Crippen molar-refractivity contribution in [1.82, 2.24) is 14.4 Å². The van der Waals surface area contributed by atoms with Crippen molar-refractivity contribution < 1.29 is 0 Å². The molecule has 3 heteroatoms. The molecule has 5 aromatic rings. The van der Waals surface area contributed by atoms with Crippen LogP contribution >= 0.6 is 0 Å². The monoisotopic (exact) mass is 321 g/mol. The number of rotatable bonds is 2. The van der Waals surface area contributed by atoms with Gasteiger partial charge in [-0.2, -0.15) is 0 Å². The van der Waals surface area contributed by atoms with Crippen molar-refractivity contribution in [3.63, 3.8) is 0 Å². The molecule has 3 aromatic carbocycles. The van der Waals surface area contributed by atoms with Gasteiger partial charge in [0.15, 0.2) is 0 Å². The topological polar surface area (TPSA) is 30.2 Å². The highest BCUT2D eigenvalue weighted by Gasteiger charge is 2.11. The summed E-state index contributed by atoms with van der Waals surface area (Å²) in [7, 11) is 0. The third kappa shape index (κ3) is 2.29. The highest BCUT2D eigenvalue weighted by Crippen LogP contribution is 2.25. The van der Waals surface area contributed by atoms with Crippen molar-refractivity contribution in [2.24, 2.45) is 0 Å². The van der Waals surface area contributed by atoms with Crippen molar-refractivity contribution in [3.8, 4) is 0 Å². The van der Waals surface area contributed by atoms with E-state index in [0.717, 1.165) is 39.0 Å². The van der Waals surface area contributed by atoms with E-state index in [1.54, 1.807) is 0 Å². The van der Waals surface area contributed by atoms with Gasteiger partial charge in [-0.15, -0.1) is 0 Å². The number of aromatic nitrogens is 3. The SMILES string of the molecule is C(=Cc1nc2ccccc2c2nc3ccccc3n12)c1ccccc1. The minimum absolute atomic E-state index is 0.881. The number of imidazole rings is 1. The molecule has 3 nitrogen and oxygen atoms in total. The Morgan fingerprint density at radius 1 is 0.640 bits per heavy atom. The largest absolute Gasteiger partial charge is 0.276 e. The van der Waals surface area contributed by atoms with Gasteiger partial charge in [0.1, 0.15) is 11.5 Å². The number of hydrogen-bond acceptors (Lipinski definition) is 2. The third-order valence-electron chi connectivity index (χ3n) is 4.39. The molecule has 2 aromatic heterocycles. The smallest absolute Gasteiger partial charge is 0.149 e. The van der Waals surface area contributed by atoms with Gasteiger partial charge in [-0.05, 0) is 35.9 Å². The molecule has 0 aliphatic heterocycles. The van der Waals surface area contributed by atoms with E-state index in [1.165, 1.54) is 0 Å². The molecular weight excluding hydrogens is 306 g/mol. The molecule has 0 saturated carbocycles. The first kappa shape index (κ1) is 13.9. The first-order valence-corrected chi connectivity index (χ1v) is 8.29. The Labute approximate surface area is 144 Å². The van der Waals surface area contributed by atoms with Gasteiger partial charge in [0, 0.05) is 5.39 Å². The molecule has 0 saturated heterocycles. The van der Waals surface area contributed by atoms with Gasteiger partial charge >= 0.3 is 0 Å². The fraction of sp³-hybridized carbons (Fsp3) is 0. The lowest BCUT2D eigenvalue weighted by Crippen LogP contribution is -1.97. The molecule has 0 aliphatic carbocycles. The highest BCUT2D eigenvalue weighted by atomic mass is 15.1. The van der Waals surface area contributed by atoms with Crippen LogP contribution in [0.2, 0.25) is 0 Å². The van der Waals surface area contributed by atoms with Gasteiger partial charge < -0.3 is 0 Å². The maximum atomic E-state index is 4.88. The molecule has 0 unspecified atom stereocenters.